The van der Waals surface area contributed by atoms with Crippen LogP contribution in [0.3, 0.4) is 0 Å². The first-order chi connectivity index (χ1) is 3.29. The molecule has 0 amide bonds. The second kappa shape index (κ2) is 1.54. The van der Waals surface area contributed by atoms with Gasteiger partial charge in [0.15, 0.2) is 0 Å². The van der Waals surface area contributed by atoms with Crippen molar-refractivity contribution in [3.05, 3.63) is 17.9 Å². The van der Waals surface area contributed by atoms with E-state index >= 15 is 0 Å². The lowest BCUT2D eigenvalue weighted by Gasteiger charge is -1.95. The first-order valence-corrected chi connectivity index (χ1v) is 2.24. The van der Waals surface area contributed by atoms with Crippen LogP contribution in [-0.4, -0.2) is 0 Å². The van der Waals surface area contributed by atoms with Crippen molar-refractivity contribution in [1.82, 2.24) is 5.48 Å². The molecular weight excluding hydrogens is 90.1 g/mol. The molecule has 0 unspecified atom stereocenters. The molecule has 1 aliphatic rings. The topological polar surface area (TPSA) is 21.3 Å². The zero-order valence-corrected chi connectivity index (χ0v) is 4.49. The van der Waals surface area contributed by atoms with Crippen molar-refractivity contribution in [1.29, 1.82) is 0 Å². The van der Waals surface area contributed by atoms with Crippen molar-refractivity contribution in [2.75, 3.05) is 0 Å². The Labute approximate surface area is 43.1 Å². The Hall–Kier alpha value is -0.500. The Balaban J connectivity index is 2.50. The van der Waals surface area contributed by atoms with E-state index in [4.69, 9.17) is 4.84 Å². The fourth-order valence-corrected chi connectivity index (χ4v) is 0.525. The Morgan fingerprint density at radius 2 is 2.29 bits per heavy atom. The van der Waals surface area contributed by atoms with Crippen molar-refractivity contribution in [2.24, 2.45) is 0 Å². The molecule has 0 bridgehead atoms. The Morgan fingerprint density at radius 1 is 1.57 bits per heavy atom. The van der Waals surface area contributed by atoms with Gasteiger partial charge in [0.05, 0.1) is 6.04 Å². The maximum Gasteiger partial charge on any atom is 0.119 e. The summed E-state index contributed by atoms with van der Waals surface area (Å²) in [6, 6.07) is 1.07. The minimum absolute atomic E-state index is 0.928. The van der Waals surface area contributed by atoms with Crippen LogP contribution >= 0.6 is 0 Å². The molecule has 0 fully saturated rings. The Morgan fingerprint density at radius 3 is 2.43 bits per heavy atom. The lowest BCUT2D eigenvalue weighted by atomic mass is 10.3. The number of hydrogen-bond acceptors (Lipinski definition) is 2. The standard InChI is InChI=1S/C5H8NO/c1-4-3-5(2)7-6-4/h3,6H,1-2H3. The SMILES string of the molecule is C[C]1C=C(C)ON1. The number of rotatable bonds is 0. The number of hydroxylamine groups is 1. The highest BCUT2D eigenvalue weighted by Gasteiger charge is 2.06. The smallest absolute Gasteiger partial charge is 0.119 e. The molecule has 0 aromatic carbocycles. The molecule has 0 aliphatic carbocycles. The van der Waals surface area contributed by atoms with Gasteiger partial charge in [0.1, 0.15) is 5.76 Å². The van der Waals surface area contributed by atoms with Gasteiger partial charge in [-0.15, -0.1) is 5.48 Å². The van der Waals surface area contributed by atoms with Gasteiger partial charge in [-0.25, -0.2) is 0 Å². The fraction of sp³-hybridized carbons (Fsp3) is 0.400. The quantitative estimate of drug-likeness (QED) is 0.487. The summed E-state index contributed by atoms with van der Waals surface area (Å²) in [5.74, 6) is 0.928. The monoisotopic (exact) mass is 98.1 g/mol. The zero-order valence-electron chi connectivity index (χ0n) is 4.49. The summed E-state index contributed by atoms with van der Waals surface area (Å²) in [5.41, 5.74) is 2.69. The molecular formula is C5H8NO. The summed E-state index contributed by atoms with van der Waals surface area (Å²) >= 11 is 0. The van der Waals surface area contributed by atoms with Crippen LogP contribution < -0.4 is 5.48 Å². The van der Waals surface area contributed by atoms with Crippen molar-refractivity contribution in [3.8, 4) is 0 Å². The van der Waals surface area contributed by atoms with Crippen LogP contribution in [0.4, 0.5) is 0 Å². The normalized spacial score (nSPS) is 21.7. The van der Waals surface area contributed by atoms with Gasteiger partial charge in [0, 0.05) is 0 Å². The van der Waals surface area contributed by atoms with Gasteiger partial charge in [-0.05, 0) is 19.9 Å². The van der Waals surface area contributed by atoms with Crippen LogP contribution in [0.25, 0.3) is 0 Å². The van der Waals surface area contributed by atoms with Crippen molar-refractivity contribution in [3.63, 3.8) is 0 Å². The molecule has 0 aromatic heterocycles. The van der Waals surface area contributed by atoms with E-state index in [1.54, 1.807) is 0 Å². The maximum absolute atomic E-state index is 4.84. The van der Waals surface area contributed by atoms with Crippen LogP contribution in [0.5, 0.6) is 0 Å². The molecule has 0 atom stereocenters. The molecule has 1 heterocycles. The third kappa shape index (κ3) is 0.933. The summed E-state index contributed by atoms with van der Waals surface area (Å²) in [5, 5.41) is 0. The molecule has 2 nitrogen and oxygen atoms in total. The van der Waals surface area contributed by atoms with Gasteiger partial charge >= 0.3 is 0 Å². The summed E-state index contributed by atoms with van der Waals surface area (Å²) in [7, 11) is 0. The van der Waals surface area contributed by atoms with Crippen molar-refractivity contribution >= 4 is 0 Å². The van der Waals surface area contributed by atoms with E-state index in [1.807, 2.05) is 19.9 Å². The molecule has 1 N–H and O–H groups in total. The molecule has 0 spiro atoms. The van der Waals surface area contributed by atoms with E-state index in [2.05, 4.69) is 5.48 Å². The minimum Gasteiger partial charge on any atom is -0.413 e. The molecule has 2 heteroatoms. The molecule has 1 aliphatic heterocycles. The second-order valence-electron chi connectivity index (χ2n) is 1.64. The lowest BCUT2D eigenvalue weighted by Crippen LogP contribution is -2.07. The highest BCUT2D eigenvalue weighted by atomic mass is 16.7. The van der Waals surface area contributed by atoms with Crippen molar-refractivity contribution < 1.29 is 4.84 Å². The Kier molecular flexibility index (Phi) is 1.02. The van der Waals surface area contributed by atoms with Gasteiger partial charge in [0.25, 0.3) is 0 Å². The predicted octanol–water partition coefficient (Wildman–Crippen LogP) is 0.977. The van der Waals surface area contributed by atoms with Crippen molar-refractivity contribution in [2.45, 2.75) is 13.8 Å². The summed E-state index contributed by atoms with van der Waals surface area (Å²) in [6.07, 6.45) is 1.94. The van der Waals surface area contributed by atoms with E-state index in [1.165, 1.54) is 0 Å². The van der Waals surface area contributed by atoms with E-state index in [9.17, 15) is 0 Å². The first-order valence-electron chi connectivity index (χ1n) is 2.24. The predicted molar refractivity (Wildman–Crippen MR) is 26.9 cm³/mol. The number of nitrogens with one attached hydrogen (secondary N) is 1. The molecule has 0 saturated heterocycles. The van der Waals surface area contributed by atoms with Gasteiger partial charge in [-0.3, -0.25) is 0 Å². The maximum atomic E-state index is 4.84. The third-order valence-corrected chi connectivity index (χ3v) is 0.793. The Bertz CT molecular complexity index is 98.3. The van der Waals surface area contributed by atoms with Crippen LogP contribution in [-0.2, 0) is 4.84 Å². The van der Waals surface area contributed by atoms with Crippen LogP contribution in [0, 0.1) is 6.04 Å². The fourth-order valence-electron chi connectivity index (χ4n) is 0.525. The number of allylic oxidation sites excluding steroid dienone is 1. The van der Waals surface area contributed by atoms with Crippen LogP contribution in [0.15, 0.2) is 11.8 Å². The van der Waals surface area contributed by atoms with E-state index < -0.39 is 0 Å². The molecule has 1 radical (unpaired) electrons. The highest BCUT2D eigenvalue weighted by molar-refractivity contribution is 5.10. The van der Waals surface area contributed by atoms with E-state index in [-0.39, 0.29) is 0 Å². The molecule has 39 valence electrons. The average molecular weight is 98.1 g/mol. The average Bonchev–Trinajstić information content (AvgIpc) is 1.87. The summed E-state index contributed by atoms with van der Waals surface area (Å²) in [4.78, 5) is 4.84. The van der Waals surface area contributed by atoms with Gasteiger partial charge in [-0.2, -0.15) is 0 Å². The summed E-state index contributed by atoms with van der Waals surface area (Å²) < 4.78 is 0. The number of hydrogen-bond donors (Lipinski definition) is 1. The minimum atomic E-state index is 0.928. The third-order valence-electron chi connectivity index (χ3n) is 0.793. The molecule has 0 saturated carbocycles. The van der Waals surface area contributed by atoms with Gasteiger partial charge in [0.2, 0.25) is 0 Å². The summed E-state index contributed by atoms with van der Waals surface area (Å²) in [6.45, 7) is 3.86. The van der Waals surface area contributed by atoms with E-state index in [0.29, 0.717) is 0 Å². The second-order valence-corrected chi connectivity index (χ2v) is 1.64. The van der Waals surface area contributed by atoms with Gasteiger partial charge in [-0.1, -0.05) is 0 Å². The lowest BCUT2D eigenvalue weighted by molar-refractivity contribution is 0.143. The van der Waals surface area contributed by atoms with Crippen LogP contribution in [0.1, 0.15) is 13.8 Å². The molecule has 0 aromatic rings. The molecule has 7 heavy (non-hydrogen) atoms. The highest BCUT2D eigenvalue weighted by Crippen LogP contribution is 2.09. The molecule has 1 rings (SSSR count). The van der Waals surface area contributed by atoms with Crippen LogP contribution in [0.2, 0.25) is 0 Å². The van der Waals surface area contributed by atoms with E-state index in [0.717, 1.165) is 11.8 Å². The largest absolute Gasteiger partial charge is 0.413 e. The van der Waals surface area contributed by atoms with Gasteiger partial charge < -0.3 is 4.84 Å². The first kappa shape index (κ1) is 4.65. The zero-order chi connectivity index (χ0) is 5.28.